The molecule has 0 aromatic rings. The predicted molar refractivity (Wildman–Crippen MR) is 64.6 cm³/mol. The van der Waals surface area contributed by atoms with Crippen molar-refractivity contribution >= 4 is 10.4 Å². The summed E-state index contributed by atoms with van der Waals surface area (Å²) in [6.07, 6.45) is 9.05. The van der Waals surface area contributed by atoms with E-state index in [1.165, 1.54) is 12.8 Å². The Bertz CT molecular complexity index is 280. The molecule has 0 unspecified atom stereocenters. The molecule has 0 amide bonds. The van der Waals surface area contributed by atoms with Gasteiger partial charge in [-0.1, -0.05) is 38.8 Å². The van der Waals surface area contributed by atoms with Crippen LogP contribution in [0, 0.1) is 5.92 Å². The highest BCUT2D eigenvalue weighted by molar-refractivity contribution is 7.80. The fraction of sp³-hybridized carbons (Fsp3) is 0.818. The third-order valence-electron chi connectivity index (χ3n) is 2.09. The number of hydrogen-bond acceptors (Lipinski definition) is 3. The molecule has 0 saturated heterocycles. The fourth-order valence-electron chi connectivity index (χ4n) is 1.27. The largest absolute Gasteiger partial charge is 0.397 e. The second-order valence-corrected chi connectivity index (χ2v) is 5.28. The molecule has 5 heteroatoms. The molecule has 4 nitrogen and oxygen atoms in total. The maximum absolute atomic E-state index is 10.2. The van der Waals surface area contributed by atoms with Crippen LogP contribution in [0.3, 0.4) is 0 Å². The first-order chi connectivity index (χ1) is 7.42. The molecule has 1 N–H and O–H groups in total. The normalized spacial score (nSPS) is 12.8. The van der Waals surface area contributed by atoms with Crippen molar-refractivity contribution in [1.29, 1.82) is 0 Å². The molecule has 0 aromatic carbocycles. The zero-order valence-corrected chi connectivity index (χ0v) is 10.9. The summed E-state index contributed by atoms with van der Waals surface area (Å²) in [4.78, 5) is 0. The monoisotopic (exact) mass is 250 g/mol. The van der Waals surface area contributed by atoms with E-state index in [0.29, 0.717) is 6.42 Å². The topological polar surface area (TPSA) is 63.6 Å². The van der Waals surface area contributed by atoms with Gasteiger partial charge in [0.2, 0.25) is 0 Å². The maximum Gasteiger partial charge on any atom is 0.397 e. The summed E-state index contributed by atoms with van der Waals surface area (Å²) < 4.78 is 32.8. The minimum absolute atomic E-state index is 0.00132. The second kappa shape index (κ2) is 8.73. The molecule has 16 heavy (non-hydrogen) atoms. The first-order valence-corrected chi connectivity index (χ1v) is 7.05. The molecule has 0 aliphatic carbocycles. The molecule has 0 aromatic heterocycles. The molecular weight excluding hydrogens is 228 g/mol. The highest BCUT2D eigenvalue weighted by Gasteiger charge is 2.01. The summed E-state index contributed by atoms with van der Waals surface area (Å²) in [5, 5.41) is 0. The van der Waals surface area contributed by atoms with Gasteiger partial charge in [0.25, 0.3) is 0 Å². The average molecular weight is 250 g/mol. The minimum Gasteiger partial charge on any atom is -0.264 e. The van der Waals surface area contributed by atoms with Crippen LogP contribution in [0.5, 0.6) is 0 Å². The zero-order valence-electron chi connectivity index (χ0n) is 10.1. The third kappa shape index (κ3) is 13.6. The number of hydrogen-bond donors (Lipinski definition) is 1. The van der Waals surface area contributed by atoms with Crippen molar-refractivity contribution in [2.75, 3.05) is 6.61 Å². The second-order valence-electron chi connectivity index (χ2n) is 4.19. The van der Waals surface area contributed by atoms with Gasteiger partial charge in [-0.05, 0) is 25.2 Å². The van der Waals surface area contributed by atoms with Gasteiger partial charge in [0.05, 0.1) is 6.61 Å². The molecule has 0 rings (SSSR count). The lowest BCUT2D eigenvalue weighted by Gasteiger charge is -2.01. The Labute approximate surface area is 98.7 Å². The molecular formula is C11H22O4S. The van der Waals surface area contributed by atoms with Crippen molar-refractivity contribution in [1.82, 2.24) is 0 Å². The lowest BCUT2D eigenvalue weighted by atomic mass is 10.1. The SMILES string of the molecule is CC(C)CCCC/C=C\CCOS(=O)(=O)O. The molecule has 0 fully saturated rings. The van der Waals surface area contributed by atoms with E-state index >= 15 is 0 Å². The summed E-state index contributed by atoms with van der Waals surface area (Å²) in [6.45, 7) is 4.42. The van der Waals surface area contributed by atoms with E-state index in [1.807, 2.05) is 12.2 Å². The predicted octanol–water partition coefficient (Wildman–Crippen LogP) is 2.97. The summed E-state index contributed by atoms with van der Waals surface area (Å²) in [5.41, 5.74) is 0. The molecule has 0 bridgehead atoms. The van der Waals surface area contributed by atoms with Gasteiger partial charge >= 0.3 is 10.4 Å². The lowest BCUT2D eigenvalue weighted by molar-refractivity contribution is 0.273. The molecule has 0 radical (unpaired) electrons. The molecule has 0 saturated carbocycles. The fourth-order valence-corrected chi connectivity index (χ4v) is 1.58. The van der Waals surface area contributed by atoms with Crippen LogP contribution in [0.15, 0.2) is 12.2 Å². The Balaban J connectivity index is 3.29. The van der Waals surface area contributed by atoms with Crippen molar-refractivity contribution in [3.63, 3.8) is 0 Å². The first kappa shape index (κ1) is 15.6. The van der Waals surface area contributed by atoms with Gasteiger partial charge in [-0.3, -0.25) is 4.55 Å². The van der Waals surface area contributed by atoms with Crippen LogP contribution in [-0.4, -0.2) is 19.6 Å². The van der Waals surface area contributed by atoms with Crippen molar-refractivity contribution in [3.05, 3.63) is 12.2 Å². The van der Waals surface area contributed by atoms with E-state index in [-0.39, 0.29) is 6.61 Å². The molecule has 0 spiro atoms. The Morgan fingerprint density at radius 3 is 2.38 bits per heavy atom. The number of rotatable bonds is 9. The highest BCUT2D eigenvalue weighted by Crippen LogP contribution is 2.08. The molecule has 0 atom stereocenters. The van der Waals surface area contributed by atoms with E-state index < -0.39 is 10.4 Å². The van der Waals surface area contributed by atoms with Crippen LogP contribution in [0.1, 0.15) is 46.0 Å². The van der Waals surface area contributed by atoms with Crippen LogP contribution in [0.2, 0.25) is 0 Å². The van der Waals surface area contributed by atoms with Crippen LogP contribution in [0.4, 0.5) is 0 Å². The van der Waals surface area contributed by atoms with Crippen molar-refractivity contribution in [2.24, 2.45) is 5.92 Å². The first-order valence-electron chi connectivity index (χ1n) is 5.68. The van der Waals surface area contributed by atoms with Gasteiger partial charge in [-0.2, -0.15) is 8.42 Å². The Morgan fingerprint density at radius 1 is 1.19 bits per heavy atom. The Hall–Kier alpha value is -0.390. The van der Waals surface area contributed by atoms with E-state index in [2.05, 4.69) is 18.0 Å². The zero-order chi connectivity index (χ0) is 12.4. The van der Waals surface area contributed by atoms with E-state index in [9.17, 15) is 8.42 Å². The molecule has 0 aliphatic rings. The molecule has 0 aliphatic heterocycles. The molecule has 0 heterocycles. The van der Waals surface area contributed by atoms with Crippen molar-refractivity contribution in [3.8, 4) is 0 Å². The van der Waals surface area contributed by atoms with Crippen LogP contribution < -0.4 is 0 Å². The van der Waals surface area contributed by atoms with Gasteiger partial charge in [-0.25, -0.2) is 4.18 Å². The lowest BCUT2D eigenvalue weighted by Crippen LogP contribution is -2.03. The Kier molecular flexibility index (Phi) is 8.51. The minimum atomic E-state index is -4.27. The van der Waals surface area contributed by atoms with Crippen molar-refractivity contribution in [2.45, 2.75) is 46.0 Å². The summed E-state index contributed by atoms with van der Waals surface area (Å²) in [6, 6.07) is 0. The third-order valence-corrected chi connectivity index (χ3v) is 2.55. The maximum atomic E-state index is 10.2. The highest BCUT2D eigenvalue weighted by atomic mass is 32.3. The summed E-state index contributed by atoms with van der Waals surface area (Å²) in [7, 11) is -4.27. The van der Waals surface area contributed by atoms with E-state index in [1.54, 1.807) is 0 Å². The quantitative estimate of drug-likeness (QED) is 0.388. The summed E-state index contributed by atoms with van der Waals surface area (Å²) in [5.74, 6) is 0.757. The van der Waals surface area contributed by atoms with Gasteiger partial charge < -0.3 is 0 Å². The Morgan fingerprint density at radius 2 is 1.81 bits per heavy atom. The van der Waals surface area contributed by atoms with Crippen LogP contribution in [0.25, 0.3) is 0 Å². The van der Waals surface area contributed by atoms with Gasteiger partial charge in [0.1, 0.15) is 0 Å². The summed E-state index contributed by atoms with van der Waals surface area (Å²) >= 11 is 0. The number of allylic oxidation sites excluding steroid dienone is 1. The van der Waals surface area contributed by atoms with Crippen LogP contribution in [-0.2, 0) is 14.6 Å². The van der Waals surface area contributed by atoms with E-state index in [0.717, 1.165) is 18.8 Å². The number of unbranched alkanes of at least 4 members (excludes halogenated alkanes) is 2. The standard InChI is InChI=1S/C11H22O4S/c1-11(2)9-7-5-3-4-6-8-10-15-16(12,13)14/h4,6,11H,3,5,7-10H2,1-2H3,(H,12,13,14)/b6-4-. The molecule has 96 valence electrons. The average Bonchev–Trinajstić information content (AvgIpc) is 2.13. The van der Waals surface area contributed by atoms with Crippen LogP contribution >= 0.6 is 0 Å². The van der Waals surface area contributed by atoms with Gasteiger partial charge in [-0.15, -0.1) is 0 Å². The smallest absolute Gasteiger partial charge is 0.264 e. The van der Waals surface area contributed by atoms with Gasteiger partial charge in [0, 0.05) is 0 Å². The van der Waals surface area contributed by atoms with Crippen molar-refractivity contribution < 1.29 is 17.2 Å². The van der Waals surface area contributed by atoms with E-state index in [4.69, 9.17) is 4.55 Å². The van der Waals surface area contributed by atoms with Gasteiger partial charge in [0.15, 0.2) is 0 Å².